The monoisotopic (exact) mass is 370 g/mol. The fourth-order valence-electron chi connectivity index (χ4n) is 3.46. The Morgan fingerprint density at radius 3 is 2.38 bits per heavy atom. The van der Waals surface area contributed by atoms with E-state index in [0.29, 0.717) is 30.3 Å². The van der Waals surface area contributed by atoms with Gasteiger partial charge in [-0.25, -0.2) is 8.42 Å². The highest BCUT2D eigenvalue weighted by molar-refractivity contribution is 7.91. The predicted octanol–water partition coefficient (Wildman–Crippen LogP) is 1.60. The van der Waals surface area contributed by atoms with Gasteiger partial charge in [-0.05, 0) is 30.5 Å². The number of benzene rings is 1. The molecule has 2 aliphatic rings. The number of halogens is 1. The van der Waals surface area contributed by atoms with E-state index in [4.69, 9.17) is 11.6 Å². The smallest absolute Gasteiger partial charge is 0.222 e. The standard InChI is InChI=1S/C17H23ClN2O3S/c18-15-4-1-14(2-5-15)3-6-17(21)20-10-8-19(9-11-20)16-7-12-24(22,23)13-16/h1-2,4-5,16H,3,6-13H2. The molecule has 2 fully saturated rings. The van der Waals surface area contributed by atoms with E-state index in [-0.39, 0.29) is 17.7 Å². The van der Waals surface area contributed by atoms with Crippen molar-refractivity contribution in [3.05, 3.63) is 34.9 Å². The largest absolute Gasteiger partial charge is 0.340 e. The van der Waals surface area contributed by atoms with Gasteiger partial charge in [-0.2, -0.15) is 0 Å². The number of sulfone groups is 1. The number of carbonyl (C=O) groups is 1. The maximum absolute atomic E-state index is 12.4. The van der Waals surface area contributed by atoms with Crippen LogP contribution in [0.1, 0.15) is 18.4 Å². The van der Waals surface area contributed by atoms with Crippen molar-refractivity contribution in [2.75, 3.05) is 37.7 Å². The van der Waals surface area contributed by atoms with Gasteiger partial charge in [0.25, 0.3) is 0 Å². The van der Waals surface area contributed by atoms with Crippen molar-refractivity contribution in [3.8, 4) is 0 Å². The summed E-state index contributed by atoms with van der Waals surface area (Å²) < 4.78 is 23.2. The van der Waals surface area contributed by atoms with E-state index in [2.05, 4.69) is 4.90 Å². The number of nitrogens with zero attached hydrogens (tertiary/aromatic N) is 2. The van der Waals surface area contributed by atoms with Gasteiger partial charge in [-0.3, -0.25) is 9.69 Å². The predicted molar refractivity (Wildman–Crippen MR) is 95.0 cm³/mol. The molecule has 2 saturated heterocycles. The average Bonchev–Trinajstić information content (AvgIpc) is 2.94. The van der Waals surface area contributed by atoms with Crippen LogP contribution in [-0.2, 0) is 21.1 Å². The number of rotatable bonds is 4. The summed E-state index contributed by atoms with van der Waals surface area (Å²) in [5.74, 6) is 0.749. The molecule has 0 aromatic heterocycles. The Morgan fingerprint density at radius 1 is 1.12 bits per heavy atom. The summed E-state index contributed by atoms with van der Waals surface area (Å²) in [6, 6.07) is 7.73. The molecule has 24 heavy (non-hydrogen) atoms. The van der Waals surface area contributed by atoms with Crippen LogP contribution < -0.4 is 0 Å². The number of hydrogen-bond donors (Lipinski definition) is 0. The third kappa shape index (κ3) is 4.49. The first-order chi connectivity index (χ1) is 11.4. The Balaban J connectivity index is 1.44. The second-order valence-electron chi connectivity index (χ2n) is 6.60. The molecule has 132 valence electrons. The first-order valence-corrected chi connectivity index (χ1v) is 10.6. The Morgan fingerprint density at radius 2 is 1.79 bits per heavy atom. The van der Waals surface area contributed by atoms with Crippen molar-refractivity contribution in [2.24, 2.45) is 0 Å². The molecule has 7 heteroatoms. The van der Waals surface area contributed by atoms with Gasteiger partial charge in [0.15, 0.2) is 9.84 Å². The molecule has 1 unspecified atom stereocenters. The second-order valence-corrected chi connectivity index (χ2v) is 9.27. The molecule has 2 heterocycles. The van der Waals surface area contributed by atoms with E-state index in [9.17, 15) is 13.2 Å². The van der Waals surface area contributed by atoms with Crippen LogP contribution in [0, 0.1) is 0 Å². The molecule has 1 aromatic rings. The summed E-state index contributed by atoms with van der Waals surface area (Å²) >= 11 is 5.86. The summed E-state index contributed by atoms with van der Waals surface area (Å²) in [5.41, 5.74) is 1.11. The van der Waals surface area contributed by atoms with Crippen LogP contribution in [0.3, 0.4) is 0 Å². The maximum Gasteiger partial charge on any atom is 0.222 e. The van der Waals surface area contributed by atoms with Crippen LogP contribution in [0.25, 0.3) is 0 Å². The van der Waals surface area contributed by atoms with Gasteiger partial charge in [0.1, 0.15) is 0 Å². The zero-order chi connectivity index (χ0) is 17.2. The van der Waals surface area contributed by atoms with Gasteiger partial charge < -0.3 is 4.90 Å². The van der Waals surface area contributed by atoms with Gasteiger partial charge in [0, 0.05) is 43.7 Å². The first-order valence-electron chi connectivity index (χ1n) is 8.40. The Kier molecular flexibility index (Phi) is 5.47. The molecule has 0 aliphatic carbocycles. The summed E-state index contributed by atoms with van der Waals surface area (Å²) in [5, 5.41) is 0.704. The van der Waals surface area contributed by atoms with Gasteiger partial charge in [-0.15, -0.1) is 0 Å². The van der Waals surface area contributed by atoms with Crippen molar-refractivity contribution in [1.29, 1.82) is 0 Å². The van der Waals surface area contributed by atoms with E-state index >= 15 is 0 Å². The molecule has 0 bridgehead atoms. The normalized spacial score (nSPS) is 24.2. The molecule has 0 spiro atoms. The van der Waals surface area contributed by atoms with E-state index < -0.39 is 9.84 Å². The van der Waals surface area contributed by atoms with E-state index in [1.165, 1.54) is 0 Å². The lowest BCUT2D eigenvalue weighted by molar-refractivity contribution is -0.133. The van der Waals surface area contributed by atoms with E-state index in [0.717, 1.165) is 31.5 Å². The zero-order valence-corrected chi connectivity index (χ0v) is 15.2. The van der Waals surface area contributed by atoms with Crippen LogP contribution in [0.15, 0.2) is 24.3 Å². The van der Waals surface area contributed by atoms with Gasteiger partial charge >= 0.3 is 0 Å². The fraction of sp³-hybridized carbons (Fsp3) is 0.588. The third-order valence-electron chi connectivity index (χ3n) is 4.93. The molecule has 1 aromatic carbocycles. The topological polar surface area (TPSA) is 57.7 Å². The lowest BCUT2D eigenvalue weighted by Crippen LogP contribution is -2.52. The summed E-state index contributed by atoms with van der Waals surface area (Å²) in [4.78, 5) is 16.5. The van der Waals surface area contributed by atoms with Crippen LogP contribution in [0.4, 0.5) is 0 Å². The maximum atomic E-state index is 12.4. The molecule has 0 N–H and O–H groups in total. The first kappa shape index (κ1) is 17.7. The summed E-state index contributed by atoms with van der Waals surface area (Å²) in [6.45, 7) is 2.92. The van der Waals surface area contributed by atoms with Gasteiger partial charge in [0.2, 0.25) is 5.91 Å². The van der Waals surface area contributed by atoms with E-state index in [1.54, 1.807) is 0 Å². The molecule has 0 saturated carbocycles. The van der Waals surface area contributed by atoms with Crippen molar-refractivity contribution in [2.45, 2.75) is 25.3 Å². The minimum absolute atomic E-state index is 0.140. The van der Waals surface area contributed by atoms with Crippen LogP contribution >= 0.6 is 11.6 Å². The van der Waals surface area contributed by atoms with Crippen molar-refractivity contribution < 1.29 is 13.2 Å². The zero-order valence-electron chi connectivity index (χ0n) is 13.7. The minimum atomic E-state index is -2.85. The number of amides is 1. The lowest BCUT2D eigenvalue weighted by atomic mass is 10.1. The molecule has 3 rings (SSSR count). The fourth-order valence-corrected chi connectivity index (χ4v) is 5.35. The highest BCUT2D eigenvalue weighted by Gasteiger charge is 2.34. The Hall–Kier alpha value is -1.11. The molecule has 5 nitrogen and oxygen atoms in total. The molecular weight excluding hydrogens is 348 g/mol. The Bertz CT molecular complexity index is 682. The Labute approximate surface area is 148 Å². The molecule has 1 atom stereocenters. The summed E-state index contributed by atoms with van der Waals surface area (Å²) in [6.07, 6.45) is 1.95. The van der Waals surface area contributed by atoms with Crippen molar-refractivity contribution in [3.63, 3.8) is 0 Å². The average molecular weight is 371 g/mol. The van der Waals surface area contributed by atoms with Crippen LogP contribution in [-0.4, -0.2) is 67.9 Å². The molecule has 0 radical (unpaired) electrons. The number of aryl methyl sites for hydroxylation is 1. The molecule has 1 amide bonds. The highest BCUT2D eigenvalue weighted by Crippen LogP contribution is 2.19. The highest BCUT2D eigenvalue weighted by atomic mass is 35.5. The van der Waals surface area contributed by atoms with Crippen LogP contribution in [0.2, 0.25) is 5.02 Å². The lowest BCUT2D eigenvalue weighted by Gasteiger charge is -2.37. The van der Waals surface area contributed by atoms with Crippen molar-refractivity contribution >= 4 is 27.3 Å². The molecular formula is C17H23ClN2O3S. The number of carbonyl (C=O) groups excluding carboxylic acids is 1. The number of piperazine rings is 1. The summed E-state index contributed by atoms with van der Waals surface area (Å²) in [7, 11) is -2.85. The van der Waals surface area contributed by atoms with Gasteiger partial charge in [-0.1, -0.05) is 23.7 Å². The van der Waals surface area contributed by atoms with Crippen LogP contribution in [0.5, 0.6) is 0 Å². The third-order valence-corrected chi connectivity index (χ3v) is 6.93. The second kappa shape index (κ2) is 7.42. The van der Waals surface area contributed by atoms with E-state index in [1.807, 2.05) is 29.2 Å². The molecule has 2 aliphatic heterocycles. The SMILES string of the molecule is O=C(CCc1ccc(Cl)cc1)N1CCN(C2CCS(=O)(=O)C2)CC1. The minimum Gasteiger partial charge on any atom is -0.340 e. The number of hydrogen-bond acceptors (Lipinski definition) is 4. The van der Waals surface area contributed by atoms with Gasteiger partial charge in [0.05, 0.1) is 11.5 Å². The van der Waals surface area contributed by atoms with Crippen molar-refractivity contribution in [1.82, 2.24) is 9.80 Å². The quantitative estimate of drug-likeness (QED) is 0.807.